The second-order valence-corrected chi connectivity index (χ2v) is 7.78. The van der Waals surface area contributed by atoms with Crippen LogP contribution in [0.3, 0.4) is 0 Å². The van der Waals surface area contributed by atoms with Crippen molar-refractivity contribution in [3.05, 3.63) is 90.4 Å². The van der Waals surface area contributed by atoms with Crippen LogP contribution in [-0.2, 0) is 12.7 Å². The van der Waals surface area contributed by atoms with Gasteiger partial charge in [-0.15, -0.1) is 0 Å². The van der Waals surface area contributed by atoms with Gasteiger partial charge in [0, 0.05) is 24.4 Å². The lowest BCUT2D eigenvalue weighted by atomic mass is 10.0. The Labute approximate surface area is 200 Å². The smallest absolute Gasteiger partial charge is 0.416 e. The lowest BCUT2D eigenvalue weighted by molar-refractivity contribution is -0.137. The molecule has 1 aliphatic rings. The van der Waals surface area contributed by atoms with E-state index in [1.807, 2.05) is 4.90 Å². The molecule has 0 saturated carbocycles. The Morgan fingerprint density at radius 1 is 1.03 bits per heavy atom. The third-order valence-corrected chi connectivity index (χ3v) is 5.56. The van der Waals surface area contributed by atoms with E-state index >= 15 is 0 Å². The summed E-state index contributed by atoms with van der Waals surface area (Å²) in [6.07, 6.45) is -1.41. The van der Waals surface area contributed by atoms with Gasteiger partial charge in [-0.1, -0.05) is 19.2 Å². The van der Waals surface area contributed by atoms with Crippen LogP contribution in [0.25, 0.3) is 6.08 Å². The number of hydrogen-bond acceptors (Lipinski definition) is 5. The molecular weight excluding hydrogens is 462 g/mol. The van der Waals surface area contributed by atoms with Gasteiger partial charge in [0.05, 0.1) is 36.4 Å². The molecule has 0 N–H and O–H groups in total. The molecule has 2 heterocycles. The van der Waals surface area contributed by atoms with Gasteiger partial charge in [-0.3, -0.25) is 0 Å². The highest BCUT2D eigenvalue weighted by Gasteiger charge is 2.34. The average Bonchev–Trinajstić information content (AvgIpc) is 2.85. The van der Waals surface area contributed by atoms with Crippen molar-refractivity contribution in [1.29, 1.82) is 0 Å². The van der Waals surface area contributed by atoms with Gasteiger partial charge in [0.15, 0.2) is 0 Å². The topological polar surface area (TPSA) is 37.8 Å². The highest BCUT2D eigenvalue weighted by Crippen LogP contribution is 2.42. The maximum atomic E-state index is 14.0. The number of nitrogens with zero attached hydrogens (tertiary/aromatic N) is 3. The van der Waals surface area contributed by atoms with Crippen LogP contribution >= 0.6 is 0 Å². The normalized spacial score (nSPS) is 13.3. The van der Waals surface area contributed by atoms with E-state index in [2.05, 4.69) is 18.1 Å². The van der Waals surface area contributed by atoms with Crippen LogP contribution in [0.1, 0.15) is 16.8 Å². The monoisotopic (exact) mass is 485 g/mol. The summed E-state index contributed by atoms with van der Waals surface area (Å²) >= 11 is 0. The van der Waals surface area contributed by atoms with Gasteiger partial charge in [0.1, 0.15) is 18.2 Å². The van der Waals surface area contributed by atoms with Crippen molar-refractivity contribution >= 4 is 23.1 Å². The Hall–Kier alpha value is -4.01. The molecule has 182 valence electrons. The third-order valence-electron chi connectivity index (χ3n) is 5.56. The van der Waals surface area contributed by atoms with E-state index in [0.29, 0.717) is 34.2 Å². The number of anilines is 3. The van der Waals surface area contributed by atoms with Crippen LogP contribution in [0.15, 0.2) is 67.8 Å². The van der Waals surface area contributed by atoms with Crippen LogP contribution in [0.5, 0.6) is 11.6 Å². The number of pyridine rings is 1. The van der Waals surface area contributed by atoms with E-state index in [-0.39, 0.29) is 25.6 Å². The molecule has 0 unspecified atom stereocenters. The fourth-order valence-corrected chi connectivity index (χ4v) is 3.98. The molecule has 0 spiro atoms. The van der Waals surface area contributed by atoms with Crippen molar-refractivity contribution < 1.29 is 27.0 Å². The molecule has 9 heteroatoms. The van der Waals surface area contributed by atoms with Crippen molar-refractivity contribution in [2.24, 2.45) is 0 Å². The predicted molar refractivity (Wildman–Crippen MR) is 128 cm³/mol. The van der Waals surface area contributed by atoms with Gasteiger partial charge in [-0.05, 0) is 48.0 Å². The van der Waals surface area contributed by atoms with Crippen molar-refractivity contribution in [2.45, 2.75) is 12.7 Å². The number of rotatable bonds is 7. The Morgan fingerprint density at radius 2 is 1.77 bits per heavy atom. The molecule has 0 aliphatic carbocycles. The zero-order valence-electron chi connectivity index (χ0n) is 19.0. The lowest BCUT2D eigenvalue weighted by Crippen LogP contribution is -2.40. The second-order valence-electron chi connectivity index (χ2n) is 7.78. The van der Waals surface area contributed by atoms with E-state index in [9.17, 15) is 17.6 Å². The maximum absolute atomic E-state index is 14.0. The number of fused-ring (bicyclic) bond motifs is 1. The van der Waals surface area contributed by atoms with Gasteiger partial charge in [-0.25, -0.2) is 9.37 Å². The maximum Gasteiger partial charge on any atom is 0.416 e. The van der Waals surface area contributed by atoms with Gasteiger partial charge in [0.2, 0.25) is 5.88 Å². The minimum absolute atomic E-state index is 0.136. The first kappa shape index (κ1) is 24.1. The number of methoxy groups -OCH3 is 1. The number of halogens is 4. The third kappa shape index (κ3) is 4.94. The van der Waals surface area contributed by atoms with Crippen LogP contribution in [0.2, 0.25) is 0 Å². The molecule has 0 amide bonds. The SMILES string of the molecule is C=CCOc1cc(F)ccc1N1CN(c2ccc(OC)nc2C=C)Cc2cc(C(F)(F)F)ccc21. The Kier molecular flexibility index (Phi) is 6.68. The van der Waals surface area contributed by atoms with E-state index in [4.69, 9.17) is 9.47 Å². The standard InChI is InChI=1S/C26H23F4N3O2/c1-4-12-35-24-14-19(27)7-9-23(24)33-16-32(22-10-11-25(34-3)31-20(22)5-2)15-17-13-18(26(28,29)30)6-8-21(17)33/h4-11,13-14H,1-2,12,15-16H2,3H3. The van der Waals surface area contributed by atoms with Gasteiger partial charge >= 0.3 is 6.18 Å². The molecule has 5 nitrogen and oxygen atoms in total. The van der Waals surface area contributed by atoms with Crippen LogP contribution in [-0.4, -0.2) is 25.4 Å². The first-order chi connectivity index (χ1) is 16.7. The number of alkyl halides is 3. The number of aromatic nitrogens is 1. The molecule has 3 aromatic rings. The van der Waals surface area contributed by atoms with Gasteiger partial charge < -0.3 is 19.3 Å². The van der Waals surface area contributed by atoms with Gasteiger partial charge in [0.25, 0.3) is 0 Å². The summed E-state index contributed by atoms with van der Waals surface area (Å²) in [4.78, 5) is 8.05. The van der Waals surface area contributed by atoms with Crippen LogP contribution in [0, 0.1) is 5.82 Å². The summed E-state index contributed by atoms with van der Waals surface area (Å²) in [5, 5.41) is 0. The number of ether oxygens (including phenoxy) is 2. The van der Waals surface area contributed by atoms with E-state index in [0.717, 1.165) is 12.1 Å². The largest absolute Gasteiger partial charge is 0.487 e. The molecule has 4 rings (SSSR count). The summed E-state index contributed by atoms with van der Waals surface area (Å²) in [6.45, 7) is 7.99. The molecule has 0 bridgehead atoms. The Morgan fingerprint density at radius 3 is 2.46 bits per heavy atom. The number of benzene rings is 2. The fraction of sp³-hybridized carbons (Fsp3) is 0.192. The lowest BCUT2D eigenvalue weighted by Gasteiger charge is -2.40. The second kappa shape index (κ2) is 9.69. The highest BCUT2D eigenvalue weighted by molar-refractivity contribution is 5.76. The van der Waals surface area contributed by atoms with E-state index in [1.54, 1.807) is 29.2 Å². The summed E-state index contributed by atoms with van der Waals surface area (Å²) in [5.41, 5.74) is 1.92. The van der Waals surface area contributed by atoms with Crippen molar-refractivity contribution in [1.82, 2.24) is 4.98 Å². The summed E-state index contributed by atoms with van der Waals surface area (Å²) < 4.78 is 65.5. The van der Waals surface area contributed by atoms with E-state index in [1.165, 1.54) is 31.4 Å². The predicted octanol–water partition coefficient (Wildman–Crippen LogP) is 6.57. The van der Waals surface area contributed by atoms with Crippen molar-refractivity contribution in [3.63, 3.8) is 0 Å². The summed E-state index contributed by atoms with van der Waals surface area (Å²) in [5.74, 6) is 0.132. The fourth-order valence-electron chi connectivity index (χ4n) is 3.98. The zero-order valence-corrected chi connectivity index (χ0v) is 19.0. The molecule has 0 fully saturated rings. The first-order valence-electron chi connectivity index (χ1n) is 10.7. The van der Waals surface area contributed by atoms with Gasteiger partial charge in [-0.2, -0.15) is 13.2 Å². The molecule has 0 saturated heterocycles. The molecule has 1 aliphatic heterocycles. The van der Waals surface area contributed by atoms with Crippen LogP contribution in [0.4, 0.5) is 34.6 Å². The minimum Gasteiger partial charge on any atom is -0.487 e. The summed E-state index contributed by atoms with van der Waals surface area (Å²) in [7, 11) is 1.49. The molecule has 0 radical (unpaired) electrons. The highest BCUT2D eigenvalue weighted by atomic mass is 19.4. The Bertz CT molecular complexity index is 1260. The van der Waals surface area contributed by atoms with E-state index < -0.39 is 17.6 Å². The van der Waals surface area contributed by atoms with Crippen molar-refractivity contribution in [2.75, 3.05) is 30.2 Å². The average molecular weight is 485 g/mol. The summed E-state index contributed by atoms with van der Waals surface area (Å²) in [6, 6.07) is 11.1. The molecule has 0 atom stereocenters. The van der Waals surface area contributed by atoms with Crippen LogP contribution < -0.4 is 19.3 Å². The number of hydrogen-bond donors (Lipinski definition) is 0. The molecular formula is C26H23F4N3O2. The minimum atomic E-state index is -4.50. The first-order valence-corrected chi connectivity index (χ1v) is 10.7. The molecule has 2 aromatic carbocycles. The molecule has 35 heavy (non-hydrogen) atoms. The molecule has 1 aromatic heterocycles. The zero-order chi connectivity index (χ0) is 25.2. The Balaban J connectivity index is 1.86. The van der Waals surface area contributed by atoms with Crippen molar-refractivity contribution in [3.8, 4) is 11.6 Å². The quantitative estimate of drug-likeness (QED) is 0.280.